The van der Waals surface area contributed by atoms with Crippen LogP contribution in [0.15, 0.2) is 60.8 Å². The minimum absolute atomic E-state index is 0.00678. The summed E-state index contributed by atoms with van der Waals surface area (Å²) in [6.45, 7) is 4.95. The average molecular weight is 794 g/mol. The third-order valence-corrected chi connectivity index (χ3v) is 8.90. The zero-order valence-electron chi connectivity index (χ0n) is 32.2. The van der Waals surface area contributed by atoms with E-state index in [1.165, 1.54) is 14.2 Å². The van der Waals surface area contributed by atoms with Gasteiger partial charge in [-0.2, -0.15) is 5.10 Å². The van der Waals surface area contributed by atoms with E-state index in [4.69, 9.17) is 43.0 Å². The van der Waals surface area contributed by atoms with Crippen LogP contribution in [0.2, 0.25) is 0 Å². The average Bonchev–Trinajstić information content (AvgIpc) is 3.90. The summed E-state index contributed by atoms with van der Waals surface area (Å²) in [6.07, 6.45) is 1.69. The number of nitrogens with zero attached hydrogens (tertiary/aromatic N) is 1. The molecule has 57 heavy (non-hydrogen) atoms. The second-order valence-electron chi connectivity index (χ2n) is 12.7. The molecule has 5 N–H and O–H groups in total. The normalized spacial score (nSPS) is 15.1. The van der Waals surface area contributed by atoms with E-state index in [1.807, 2.05) is 6.07 Å². The second-order valence-corrected chi connectivity index (χ2v) is 12.7. The summed E-state index contributed by atoms with van der Waals surface area (Å²) in [7, 11) is 2.92. The number of amides is 2. The van der Waals surface area contributed by atoms with Gasteiger partial charge in [0, 0.05) is 35.2 Å². The molecule has 1 aromatic heterocycles. The van der Waals surface area contributed by atoms with E-state index in [1.54, 1.807) is 54.7 Å². The number of aliphatic hydroxyl groups is 1. The lowest BCUT2D eigenvalue weighted by Crippen LogP contribution is -2.51. The van der Waals surface area contributed by atoms with Gasteiger partial charge in [0.05, 0.1) is 111 Å². The third-order valence-electron chi connectivity index (χ3n) is 8.90. The van der Waals surface area contributed by atoms with E-state index in [-0.39, 0.29) is 66.6 Å². The molecule has 1 aliphatic heterocycles. The molecule has 3 aromatic carbocycles. The lowest BCUT2D eigenvalue weighted by atomic mass is 9.99. The molecule has 17 nitrogen and oxygen atoms in total. The molecular weight excluding hydrogens is 742 g/mol. The van der Waals surface area contributed by atoms with E-state index < -0.39 is 0 Å². The van der Waals surface area contributed by atoms with E-state index in [0.717, 1.165) is 10.9 Å². The number of hydrogen-bond acceptors (Lipinski definition) is 14. The monoisotopic (exact) mass is 793 g/mol. The lowest BCUT2D eigenvalue weighted by molar-refractivity contribution is -0.0146. The number of carbonyl (C=O) groups excluding carboxylic acids is 3. The molecule has 1 fully saturated rings. The van der Waals surface area contributed by atoms with Crippen LogP contribution in [0.1, 0.15) is 36.6 Å². The number of rotatable bonds is 26. The highest BCUT2D eigenvalue weighted by atomic mass is 16.6. The number of fused-ring (bicyclic) bond motifs is 1. The van der Waals surface area contributed by atoms with Crippen LogP contribution in [0.3, 0.4) is 0 Å². The van der Waals surface area contributed by atoms with Crippen LogP contribution in [0, 0.1) is 0 Å². The molecule has 0 aliphatic carbocycles. The van der Waals surface area contributed by atoms with Crippen molar-refractivity contribution in [2.75, 3.05) is 107 Å². The number of H-pyrrole nitrogens is 1. The molecule has 0 saturated carbocycles. The summed E-state index contributed by atoms with van der Waals surface area (Å²) in [4.78, 5) is 40.3. The fourth-order valence-electron chi connectivity index (χ4n) is 5.98. The minimum atomic E-state index is -0.390. The predicted octanol–water partition coefficient (Wildman–Crippen LogP) is 1.77. The predicted molar refractivity (Wildman–Crippen MR) is 208 cm³/mol. The van der Waals surface area contributed by atoms with Gasteiger partial charge in [0.2, 0.25) is 5.78 Å². The van der Waals surface area contributed by atoms with Crippen molar-refractivity contribution in [3.05, 3.63) is 83.0 Å². The highest BCUT2D eigenvalue weighted by Gasteiger charge is 2.31. The molecule has 0 radical (unpaired) electrons. The van der Waals surface area contributed by atoms with Gasteiger partial charge in [0.15, 0.2) is 11.5 Å². The van der Waals surface area contributed by atoms with Crippen molar-refractivity contribution in [2.45, 2.75) is 12.1 Å². The Labute approximate surface area is 330 Å². The SMILES string of the molecule is COc1ccc(OCCOCCOCCOCCOCCOCCO)c(C(=O)c2ccc(C(=O)N[C@@H]3CNC[C@H]3NC(=O)c3ccc4cn[nH]c4c3)cc2)c1OC. The molecule has 5 rings (SSSR count). The van der Waals surface area contributed by atoms with Gasteiger partial charge in [-0.25, -0.2) is 0 Å². The number of benzene rings is 3. The van der Waals surface area contributed by atoms with Gasteiger partial charge in [0.1, 0.15) is 17.9 Å². The number of ketones is 1. The van der Waals surface area contributed by atoms with Gasteiger partial charge >= 0.3 is 0 Å². The van der Waals surface area contributed by atoms with Crippen molar-refractivity contribution in [1.29, 1.82) is 0 Å². The molecule has 0 unspecified atom stereocenters. The van der Waals surface area contributed by atoms with Gasteiger partial charge < -0.3 is 59.0 Å². The Hall–Kier alpha value is -5.14. The smallest absolute Gasteiger partial charge is 0.251 e. The molecule has 2 atom stereocenters. The molecule has 308 valence electrons. The quantitative estimate of drug-likeness (QED) is 0.0454. The Morgan fingerprint density at radius 2 is 1.19 bits per heavy atom. The zero-order valence-corrected chi connectivity index (χ0v) is 32.2. The summed E-state index contributed by atoms with van der Waals surface area (Å²) < 4.78 is 44.1. The van der Waals surface area contributed by atoms with Crippen LogP contribution < -0.4 is 30.2 Å². The molecule has 0 bridgehead atoms. The van der Waals surface area contributed by atoms with Crippen molar-refractivity contribution in [1.82, 2.24) is 26.1 Å². The highest BCUT2D eigenvalue weighted by Crippen LogP contribution is 2.39. The largest absolute Gasteiger partial charge is 0.493 e. The molecule has 2 amide bonds. The van der Waals surface area contributed by atoms with Gasteiger partial charge in [-0.15, -0.1) is 0 Å². The maximum absolute atomic E-state index is 13.9. The summed E-state index contributed by atoms with van der Waals surface area (Å²) in [5.41, 5.74) is 2.06. The fraction of sp³-hybridized carbons (Fsp3) is 0.450. The Morgan fingerprint density at radius 1 is 0.667 bits per heavy atom. The van der Waals surface area contributed by atoms with Crippen LogP contribution in [0.5, 0.6) is 17.2 Å². The van der Waals surface area contributed by atoms with Crippen LogP contribution in [-0.2, 0) is 23.7 Å². The van der Waals surface area contributed by atoms with E-state index in [9.17, 15) is 14.4 Å². The summed E-state index contributed by atoms with van der Waals surface area (Å²) in [6, 6.07) is 14.2. The summed E-state index contributed by atoms with van der Waals surface area (Å²) in [5.74, 6) is -0.146. The summed E-state index contributed by atoms with van der Waals surface area (Å²) in [5, 5.41) is 25.7. The fourth-order valence-corrected chi connectivity index (χ4v) is 5.98. The Morgan fingerprint density at radius 3 is 1.77 bits per heavy atom. The van der Waals surface area contributed by atoms with Crippen molar-refractivity contribution in [3.63, 3.8) is 0 Å². The number of aromatic nitrogens is 2. The third kappa shape index (κ3) is 12.7. The Bertz CT molecular complexity index is 1870. The van der Waals surface area contributed by atoms with Crippen molar-refractivity contribution in [3.8, 4) is 17.2 Å². The van der Waals surface area contributed by atoms with Gasteiger partial charge in [-0.1, -0.05) is 18.2 Å². The zero-order chi connectivity index (χ0) is 40.2. The molecule has 1 saturated heterocycles. The van der Waals surface area contributed by atoms with E-state index >= 15 is 0 Å². The first-order valence-electron chi connectivity index (χ1n) is 18.7. The first-order valence-corrected chi connectivity index (χ1v) is 18.7. The van der Waals surface area contributed by atoms with Crippen LogP contribution in [0.25, 0.3) is 10.9 Å². The number of ether oxygens (including phenoxy) is 8. The lowest BCUT2D eigenvalue weighted by Gasteiger charge is -2.21. The van der Waals surface area contributed by atoms with E-state index in [0.29, 0.717) is 95.0 Å². The van der Waals surface area contributed by atoms with Crippen LogP contribution >= 0.6 is 0 Å². The van der Waals surface area contributed by atoms with E-state index in [2.05, 4.69) is 26.1 Å². The Kier molecular flexibility index (Phi) is 17.5. The first kappa shape index (κ1) is 43.0. The number of hydrogen-bond donors (Lipinski definition) is 5. The molecular formula is C40H51N5O12. The maximum Gasteiger partial charge on any atom is 0.251 e. The van der Waals surface area contributed by atoms with Crippen molar-refractivity contribution >= 4 is 28.5 Å². The van der Waals surface area contributed by atoms with Gasteiger partial charge in [-0.3, -0.25) is 19.5 Å². The number of aromatic amines is 1. The highest BCUT2D eigenvalue weighted by molar-refractivity contribution is 6.13. The number of nitrogens with one attached hydrogen (secondary N) is 4. The van der Waals surface area contributed by atoms with Crippen molar-refractivity contribution in [2.24, 2.45) is 0 Å². The van der Waals surface area contributed by atoms with Crippen molar-refractivity contribution < 1.29 is 57.4 Å². The van der Waals surface area contributed by atoms with Gasteiger partial charge in [0.25, 0.3) is 11.8 Å². The standard InChI is InChI=1S/C40H51N5O12/c1-50-35-10-9-34(57-22-21-56-20-19-55-18-17-54-16-15-53-14-13-52-12-11-46)36(38(35)51-2)37(47)27-3-5-28(6-4-27)39(48)43-32-25-41-26-33(32)44-40(49)29-7-8-30-24-42-45-31(30)23-29/h3-10,23-24,32-33,41,46H,11-22,25-26H2,1-2H3,(H,42,45)(H,43,48)(H,44,49)/t32-,33-/m1/s1. The first-order chi connectivity index (χ1) is 27.9. The number of aliphatic hydroxyl groups excluding tert-OH is 1. The van der Waals surface area contributed by atoms with Crippen LogP contribution in [0.4, 0.5) is 0 Å². The number of carbonyl (C=O) groups is 3. The number of methoxy groups -OCH3 is 2. The second kappa shape index (κ2) is 23.2. The topological polar surface area (TPSA) is 210 Å². The summed E-state index contributed by atoms with van der Waals surface area (Å²) >= 11 is 0. The Balaban J connectivity index is 1.07. The van der Waals surface area contributed by atoms with Crippen LogP contribution in [-0.4, -0.2) is 152 Å². The molecule has 4 aromatic rings. The molecule has 1 aliphatic rings. The molecule has 2 heterocycles. The molecule has 0 spiro atoms. The maximum atomic E-state index is 13.9. The van der Waals surface area contributed by atoms with Gasteiger partial charge in [-0.05, 0) is 36.4 Å². The minimum Gasteiger partial charge on any atom is -0.493 e. The molecule has 17 heteroatoms.